The minimum atomic E-state index is -1.52. The fourth-order valence-corrected chi connectivity index (χ4v) is 7.29. The van der Waals surface area contributed by atoms with Crippen LogP contribution in [0.4, 0.5) is 16.3 Å². The quantitative estimate of drug-likeness (QED) is 0.0707. The molecule has 338 valence electrons. The first-order valence-corrected chi connectivity index (χ1v) is 20.4. The lowest BCUT2D eigenvalue weighted by molar-refractivity contribution is -0.185. The van der Waals surface area contributed by atoms with Crippen LogP contribution in [0.1, 0.15) is 45.6 Å². The number of ether oxygens (including phenoxy) is 2. The molecule has 8 atom stereocenters. The number of anilines is 2. The van der Waals surface area contributed by atoms with Gasteiger partial charge in [0.2, 0.25) is 23.6 Å². The normalized spacial score (nSPS) is 23.1. The number of likely N-dealkylation sites (tertiary alicyclic amines) is 1. The van der Waals surface area contributed by atoms with Gasteiger partial charge in [-0.3, -0.25) is 33.7 Å². The molecular weight excluding hydrogens is 827 g/mol. The van der Waals surface area contributed by atoms with Crippen molar-refractivity contribution in [3.8, 4) is 0 Å². The van der Waals surface area contributed by atoms with Gasteiger partial charge < -0.3 is 61.3 Å². The topological polar surface area (TPSA) is 320 Å². The Morgan fingerprint density at radius 1 is 0.952 bits per heavy atom. The molecule has 0 spiro atoms. The highest BCUT2D eigenvalue weighted by Gasteiger charge is 2.45. The molecule has 1 aromatic carbocycles. The van der Waals surface area contributed by atoms with E-state index in [1.54, 1.807) is 38.1 Å². The van der Waals surface area contributed by atoms with E-state index < -0.39 is 90.8 Å². The monoisotopic (exact) mass is 877 g/mol. The van der Waals surface area contributed by atoms with E-state index in [1.807, 2.05) is 0 Å². The Kier molecular flexibility index (Phi) is 15.0. The maximum Gasteiger partial charge on any atom is 0.410 e. The van der Waals surface area contributed by atoms with Crippen LogP contribution in [0.5, 0.6) is 0 Å². The summed E-state index contributed by atoms with van der Waals surface area (Å²) in [7, 11) is 0. The molecule has 23 heteroatoms. The van der Waals surface area contributed by atoms with E-state index in [-0.39, 0.29) is 50.2 Å². The minimum absolute atomic E-state index is 0.00264. The Bertz CT molecular complexity index is 2180. The molecule has 6 rings (SSSR count). The van der Waals surface area contributed by atoms with Crippen LogP contribution in [-0.2, 0) is 44.8 Å². The highest BCUT2D eigenvalue weighted by Crippen LogP contribution is 2.26. The van der Waals surface area contributed by atoms with Crippen molar-refractivity contribution in [1.29, 1.82) is 0 Å². The van der Waals surface area contributed by atoms with Gasteiger partial charge in [-0.25, -0.2) is 19.7 Å². The number of rotatable bonds is 17. The lowest BCUT2D eigenvalue weighted by atomic mass is 9.94. The Morgan fingerprint density at radius 2 is 1.68 bits per heavy atom. The molecule has 9 N–H and O–H groups in total. The first kappa shape index (κ1) is 46.0. The number of aromatic nitrogens is 4. The predicted octanol–water partition coefficient (Wildman–Crippen LogP) is -1.36. The zero-order valence-electron chi connectivity index (χ0n) is 34.7. The van der Waals surface area contributed by atoms with Crippen LogP contribution in [0.3, 0.4) is 0 Å². The van der Waals surface area contributed by atoms with Crippen LogP contribution in [0.2, 0.25) is 0 Å². The third-order valence-electron chi connectivity index (χ3n) is 10.8. The van der Waals surface area contributed by atoms with Crippen LogP contribution >= 0.6 is 0 Å². The van der Waals surface area contributed by atoms with Gasteiger partial charge in [-0.15, -0.1) is 0 Å². The number of nitrogens with zero attached hydrogens (tertiary/aromatic N) is 5. The van der Waals surface area contributed by atoms with Crippen molar-refractivity contribution < 1.29 is 58.4 Å². The number of carbonyl (C=O) groups excluding carboxylic acids is 7. The average molecular weight is 878 g/mol. The number of imide groups is 1. The van der Waals surface area contributed by atoms with Crippen LogP contribution in [0, 0.1) is 11.8 Å². The van der Waals surface area contributed by atoms with Gasteiger partial charge in [0.1, 0.15) is 48.8 Å². The zero-order chi connectivity index (χ0) is 45.4. The van der Waals surface area contributed by atoms with Crippen LogP contribution in [0.25, 0.3) is 11.2 Å². The van der Waals surface area contributed by atoms with E-state index in [4.69, 9.17) is 9.47 Å². The molecule has 23 nitrogen and oxygen atoms in total. The van der Waals surface area contributed by atoms with Crippen molar-refractivity contribution >= 4 is 64.2 Å². The van der Waals surface area contributed by atoms with Gasteiger partial charge in [-0.2, -0.15) is 0 Å². The third kappa shape index (κ3) is 11.5. The molecule has 63 heavy (non-hydrogen) atoms. The maximum absolute atomic E-state index is 13.1. The maximum atomic E-state index is 13.1. The molecule has 5 heterocycles. The number of hydrogen-bond acceptors (Lipinski definition) is 16. The average Bonchev–Trinajstić information content (AvgIpc) is 4.02. The number of carbonyl (C=O) groups is 7. The third-order valence-corrected chi connectivity index (χ3v) is 10.8. The summed E-state index contributed by atoms with van der Waals surface area (Å²) in [5.41, 5.74) is 1.84. The highest BCUT2D eigenvalue weighted by atomic mass is 16.6. The summed E-state index contributed by atoms with van der Waals surface area (Å²) in [5, 5.41) is 45.3. The molecule has 3 aliphatic rings. The lowest BCUT2D eigenvalue weighted by Gasteiger charge is -2.42. The van der Waals surface area contributed by atoms with E-state index in [2.05, 4.69) is 46.5 Å². The summed E-state index contributed by atoms with van der Waals surface area (Å²) in [5.74, 6) is -3.48. The van der Waals surface area contributed by atoms with Gasteiger partial charge in [0.25, 0.3) is 11.8 Å². The summed E-state index contributed by atoms with van der Waals surface area (Å²) >= 11 is 0. The number of nitrogens with one attached hydrogen (secondary N) is 6. The first-order chi connectivity index (χ1) is 30.1. The van der Waals surface area contributed by atoms with E-state index in [0.717, 1.165) is 17.1 Å². The molecule has 3 aliphatic heterocycles. The summed E-state index contributed by atoms with van der Waals surface area (Å²) in [6.45, 7) is 4.71. The number of benzene rings is 1. The summed E-state index contributed by atoms with van der Waals surface area (Å²) in [6, 6.07) is 3.40. The predicted molar refractivity (Wildman–Crippen MR) is 219 cm³/mol. The Hall–Kier alpha value is -6.56. The van der Waals surface area contributed by atoms with E-state index in [0.29, 0.717) is 35.4 Å². The number of aromatic amines is 1. The largest absolute Gasteiger partial charge is 0.445 e. The number of aliphatic hydroxyl groups is 3. The summed E-state index contributed by atoms with van der Waals surface area (Å²) < 4.78 is 11.3. The van der Waals surface area contributed by atoms with Crippen LogP contribution in [0.15, 0.2) is 49.1 Å². The fourth-order valence-electron chi connectivity index (χ4n) is 7.29. The highest BCUT2D eigenvalue weighted by molar-refractivity contribution is 6.13. The lowest BCUT2D eigenvalue weighted by Crippen LogP contribution is -2.65. The molecule has 2 saturated heterocycles. The van der Waals surface area contributed by atoms with Gasteiger partial charge in [-0.1, -0.05) is 26.0 Å². The van der Waals surface area contributed by atoms with Crippen molar-refractivity contribution in [3.63, 3.8) is 0 Å². The number of H-pyrrole nitrogens is 1. The number of aliphatic hydroxyl groups excluding tert-OH is 3. The molecule has 0 unspecified atom stereocenters. The van der Waals surface area contributed by atoms with E-state index in [9.17, 15) is 48.9 Å². The second-order valence-corrected chi connectivity index (χ2v) is 15.8. The molecule has 3 aromatic rings. The van der Waals surface area contributed by atoms with Crippen molar-refractivity contribution in [2.24, 2.45) is 11.8 Å². The SMILES string of the molecule is CC(C)[C@H](NC(=O)CCN1C(=O)C=CC1=O)C(=O)N[C@@H](C)C(=O)Nc1ccc(COC(=O)N2CC[C@H](CC(=O)N[C@@H]3[C@@H](O)[C@H](O)[C@@H](Nc4ncnc5nc[nH]c45)O[C@H]3CO)C2)cc1. The molecule has 0 bridgehead atoms. The molecule has 7 amide bonds. The number of fused-ring (bicyclic) bond motifs is 1. The zero-order valence-corrected chi connectivity index (χ0v) is 34.7. The van der Waals surface area contributed by atoms with Gasteiger partial charge in [0.15, 0.2) is 17.7 Å². The Labute approximate surface area is 360 Å². The standard InChI is InChI=1S/C40H51N11O12/c1-20(2)30(47-26(53)11-13-51-28(55)8-9-29(51)56)38(60)45-21(3)37(59)46-24-6-4-22(5-7-24)17-62-40(61)50-12-10-23(15-50)14-27(54)48-31-25(16-52)63-39(34(58)33(31)57)49-36-32-35(42-18-41-32)43-19-44-36/h4-9,18-21,23,25,30-31,33-34,39,52,57-58H,10-17H2,1-3H3,(H,45,60)(H,46,59)(H,47,53)(H,48,54)(H2,41,42,43,44,49)/t21-,23+,25-,30-,31-,33+,34-,39-/m0/s1. The summed E-state index contributed by atoms with van der Waals surface area (Å²) in [6.07, 6.45) is -0.662. The van der Waals surface area contributed by atoms with Crippen molar-refractivity contribution in [2.45, 2.75) is 89.3 Å². The van der Waals surface area contributed by atoms with Crippen molar-refractivity contribution in [1.82, 2.24) is 45.7 Å². The summed E-state index contributed by atoms with van der Waals surface area (Å²) in [4.78, 5) is 106. The van der Waals surface area contributed by atoms with E-state index in [1.165, 1.54) is 24.5 Å². The number of hydrogen-bond donors (Lipinski definition) is 9. The van der Waals surface area contributed by atoms with Crippen molar-refractivity contribution in [3.05, 3.63) is 54.6 Å². The van der Waals surface area contributed by atoms with Gasteiger partial charge in [-0.05, 0) is 42.9 Å². The van der Waals surface area contributed by atoms with Crippen LogP contribution in [-0.4, -0.2) is 155 Å². The number of imidazole rings is 1. The Balaban J connectivity index is 0.896. The number of amides is 7. The molecule has 0 saturated carbocycles. The van der Waals surface area contributed by atoms with E-state index >= 15 is 0 Å². The second-order valence-electron chi connectivity index (χ2n) is 15.8. The smallest absolute Gasteiger partial charge is 0.410 e. The minimum Gasteiger partial charge on any atom is -0.445 e. The van der Waals surface area contributed by atoms with Gasteiger partial charge in [0, 0.05) is 50.3 Å². The first-order valence-electron chi connectivity index (χ1n) is 20.4. The van der Waals surface area contributed by atoms with Crippen molar-refractivity contribution in [2.75, 3.05) is 36.9 Å². The molecule has 0 aliphatic carbocycles. The van der Waals surface area contributed by atoms with Gasteiger partial charge in [0.05, 0.1) is 19.0 Å². The molecule has 2 fully saturated rings. The molecular formula is C40H51N11O12. The Morgan fingerprint density at radius 3 is 2.38 bits per heavy atom. The van der Waals surface area contributed by atoms with Gasteiger partial charge >= 0.3 is 6.09 Å². The van der Waals surface area contributed by atoms with Crippen LogP contribution < -0.4 is 26.6 Å². The molecule has 0 radical (unpaired) electrons. The second kappa shape index (κ2) is 20.5. The fraction of sp³-hybridized carbons (Fsp3) is 0.500. The molecule has 2 aromatic heterocycles.